The quantitative estimate of drug-likeness (QED) is 0.527. The van der Waals surface area contributed by atoms with Crippen LogP contribution in [-0.4, -0.2) is 10.1 Å². The second-order valence-electron chi connectivity index (χ2n) is 1.83. The zero-order chi connectivity index (χ0) is 6.85. The monoisotopic (exact) mass is 125 g/mol. The number of aromatic nitrogens is 1. The fourth-order valence-electron chi connectivity index (χ4n) is 0.570. The minimum absolute atomic E-state index is 0.120. The van der Waals surface area contributed by atoms with Gasteiger partial charge in [-0.1, -0.05) is 0 Å². The first-order valence-corrected chi connectivity index (χ1v) is 2.59. The Morgan fingerprint density at radius 3 is 2.67 bits per heavy atom. The molecule has 0 saturated carbocycles. The number of hydrogen-bond donors (Lipinski definition) is 2. The molecule has 0 aliphatic rings. The van der Waals surface area contributed by atoms with Crippen molar-refractivity contribution in [2.75, 3.05) is 0 Å². The van der Waals surface area contributed by atoms with Crippen molar-refractivity contribution in [3.8, 4) is 5.75 Å². The summed E-state index contributed by atoms with van der Waals surface area (Å²) in [5.74, 6) is 0.120. The maximum absolute atomic E-state index is 10.5. The molecule has 2 N–H and O–H groups in total. The van der Waals surface area contributed by atoms with Crippen LogP contribution in [0.4, 0.5) is 0 Å². The largest absolute Gasteiger partial charge is 0.506 e. The van der Waals surface area contributed by atoms with Crippen LogP contribution in [0.1, 0.15) is 5.69 Å². The number of rotatable bonds is 0. The average molecular weight is 125 g/mol. The highest BCUT2D eigenvalue weighted by atomic mass is 16.3. The van der Waals surface area contributed by atoms with Gasteiger partial charge in [0.15, 0.2) is 0 Å². The van der Waals surface area contributed by atoms with Crippen LogP contribution in [0.15, 0.2) is 16.9 Å². The molecule has 48 valence electrons. The molecule has 1 aromatic rings. The molecule has 1 rings (SSSR count). The van der Waals surface area contributed by atoms with Crippen molar-refractivity contribution in [3.05, 3.63) is 28.2 Å². The molecule has 0 atom stereocenters. The molecule has 3 nitrogen and oxygen atoms in total. The fraction of sp³-hybridized carbons (Fsp3) is 0.167. The fourth-order valence-corrected chi connectivity index (χ4v) is 0.570. The maximum atomic E-state index is 10.5. The summed E-state index contributed by atoms with van der Waals surface area (Å²) in [4.78, 5) is 12.9. The topological polar surface area (TPSA) is 53.1 Å². The van der Waals surface area contributed by atoms with Crippen LogP contribution >= 0.6 is 0 Å². The van der Waals surface area contributed by atoms with Gasteiger partial charge in [0, 0.05) is 6.07 Å². The van der Waals surface area contributed by atoms with Crippen molar-refractivity contribution in [1.29, 1.82) is 0 Å². The second-order valence-corrected chi connectivity index (χ2v) is 1.83. The first-order valence-electron chi connectivity index (χ1n) is 2.59. The van der Waals surface area contributed by atoms with E-state index in [1.54, 1.807) is 6.92 Å². The molecule has 0 unspecified atom stereocenters. The normalized spacial score (nSPS) is 9.44. The van der Waals surface area contributed by atoms with E-state index in [4.69, 9.17) is 5.11 Å². The molecule has 0 aromatic carbocycles. The molecule has 0 fully saturated rings. The van der Waals surface area contributed by atoms with E-state index in [2.05, 4.69) is 4.98 Å². The molecule has 0 radical (unpaired) electrons. The first-order chi connectivity index (χ1) is 4.20. The first kappa shape index (κ1) is 5.88. The van der Waals surface area contributed by atoms with Gasteiger partial charge in [0.1, 0.15) is 5.75 Å². The van der Waals surface area contributed by atoms with Crippen molar-refractivity contribution in [2.45, 2.75) is 6.92 Å². The van der Waals surface area contributed by atoms with E-state index in [1.165, 1.54) is 12.1 Å². The summed E-state index contributed by atoms with van der Waals surface area (Å²) in [6, 6.07) is 2.65. The number of aromatic hydroxyl groups is 1. The molecule has 0 amide bonds. The van der Waals surface area contributed by atoms with E-state index in [-0.39, 0.29) is 11.3 Å². The van der Waals surface area contributed by atoms with Gasteiger partial charge in [0.25, 0.3) is 0 Å². The van der Waals surface area contributed by atoms with Crippen LogP contribution < -0.4 is 5.56 Å². The van der Waals surface area contributed by atoms with Crippen LogP contribution in [0.25, 0.3) is 0 Å². The summed E-state index contributed by atoms with van der Waals surface area (Å²) in [6.45, 7) is 1.64. The molecule has 0 aliphatic carbocycles. The summed E-state index contributed by atoms with van der Waals surface area (Å²) in [6.07, 6.45) is 0. The van der Waals surface area contributed by atoms with Crippen LogP contribution in [0.3, 0.4) is 0 Å². The van der Waals surface area contributed by atoms with Gasteiger partial charge >= 0.3 is 0 Å². The lowest BCUT2D eigenvalue weighted by atomic mass is 10.3. The zero-order valence-corrected chi connectivity index (χ0v) is 5.01. The highest BCUT2D eigenvalue weighted by Crippen LogP contribution is 2.07. The van der Waals surface area contributed by atoms with E-state index in [0.717, 1.165) is 0 Å². The summed E-state index contributed by atoms with van der Waals surface area (Å²) < 4.78 is 0. The van der Waals surface area contributed by atoms with Crippen molar-refractivity contribution in [1.82, 2.24) is 4.98 Å². The van der Waals surface area contributed by atoms with E-state index in [0.29, 0.717) is 5.69 Å². The van der Waals surface area contributed by atoms with E-state index in [1.807, 2.05) is 0 Å². The third kappa shape index (κ3) is 1.10. The summed E-state index contributed by atoms with van der Waals surface area (Å²) in [5.41, 5.74) is 0.313. The number of aryl methyl sites for hydroxylation is 1. The maximum Gasteiger partial charge on any atom is 0.248 e. The Hall–Kier alpha value is -1.25. The van der Waals surface area contributed by atoms with E-state index >= 15 is 0 Å². The smallest absolute Gasteiger partial charge is 0.248 e. The van der Waals surface area contributed by atoms with Gasteiger partial charge in [-0.2, -0.15) is 0 Å². The molecule has 0 spiro atoms. The van der Waals surface area contributed by atoms with Crippen LogP contribution in [0.2, 0.25) is 0 Å². The summed E-state index contributed by atoms with van der Waals surface area (Å²) >= 11 is 0. The third-order valence-corrected chi connectivity index (χ3v) is 1.09. The Bertz CT molecular complexity index is 264. The number of H-pyrrole nitrogens is 1. The van der Waals surface area contributed by atoms with Crippen molar-refractivity contribution >= 4 is 0 Å². The predicted octanol–water partition coefficient (Wildman–Crippen LogP) is 0.389. The Morgan fingerprint density at radius 1 is 1.56 bits per heavy atom. The molecule has 0 aliphatic heterocycles. The number of hydrogen-bond acceptors (Lipinski definition) is 2. The third-order valence-electron chi connectivity index (χ3n) is 1.09. The molecule has 1 aromatic heterocycles. The van der Waals surface area contributed by atoms with Gasteiger partial charge in [0.05, 0.1) is 5.69 Å². The minimum atomic E-state index is -0.190. The Kier molecular flexibility index (Phi) is 1.26. The lowest BCUT2D eigenvalue weighted by Crippen LogP contribution is -2.03. The van der Waals surface area contributed by atoms with E-state index < -0.39 is 0 Å². The van der Waals surface area contributed by atoms with Crippen molar-refractivity contribution in [2.24, 2.45) is 0 Å². The van der Waals surface area contributed by atoms with Gasteiger partial charge in [0.2, 0.25) is 5.56 Å². The molecule has 0 bridgehead atoms. The number of aromatic amines is 1. The Labute approximate surface area is 52.0 Å². The standard InChI is InChI=1S/C6H7NO2/c1-4-5(8)2-3-6(9)7-4/h2-3,8H,1H3,(H,7,9). The average Bonchev–Trinajstić information content (AvgIpc) is 1.80. The van der Waals surface area contributed by atoms with Gasteiger partial charge in [-0.05, 0) is 13.0 Å². The highest BCUT2D eigenvalue weighted by molar-refractivity contribution is 5.22. The summed E-state index contributed by atoms with van der Waals surface area (Å²) in [5, 5.41) is 8.87. The second kappa shape index (κ2) is 1.93. The van der Waals surface area contributed by atoms with Gasteiger partial charge < -0.3 is 10.1 Å². The minimum Gasteiger partial charge on any atom is -0.506 e. The molecule has 0 saturated heterocycles. The van der Waals surface area contributed by atoms with Crippen LogP contribution in [0.5, 0.6) is 5.75 Å². The molecule has 1 heterocycles. The number of pyridine rings is 1. The van der Waals surface area contributed by atoms with E-state index in [9.17, 15) is 4.79 Å². The highest BCUT2D eigenvalue weighted by Gasteiger charge is 1.91. The zero-order valence-electron chi connectivity index (χ0n) is 5.01. The molecular weight excluding hydrogens is 118 g/mol. The molecular formula is C6H7NO2. The SMILES string of the molecule is Cc1[nH]c(=O)ccc1O. The Balaban J connectivity index is 3.34. The lowest BCUT2D eigenvalue weighted by Gasteiger charge is -1.93. The van der Waals surface area contributed by atoms with Crippen LogP contribution in [0, 0.1) is 6.92 Å². The molecule has 9 heavy (non-hydrogen) atoms. The van der Waals surface area contributed by atoms with Crippen molar-refractivity contribution in [3.63, 3.8) is 0 Å². The lowest BCUT2D eigenvalue weighted by molar-refractivity contribution is 0.467. The van der Waals surface area contributed by atoms with Gasteiger partial charge in [-0.15, -0.1) is 0 Å². The predicted molar refractivity (Wildman–Crippen MR) is 33.5 cm³/mol. The summed E-state index contributed by atoms with van der Waals surface area (Å²) in [7, 11) is 0. The number of nitrogens with one attached hydrogen (secondary N) is 1. The molecule has 3 heteroatoms. The van der Waals surface area contributed by atoms with Crippen molar-refractivity contribution < 1.29 is 5.11 Å². The van der Waals surface area contributed by atoms with Gasteiger partial charge in [-0.25, -0.2) is 0 Å². The van der Waals surface area contributed by atoms with Gasteiger partial charge in [-0.3, -0.25) is 4.79 Å². The van der Waals surface area contributed by atoms with Crippen LogP contribution in [-0.2, 0) is 0 Å². The Morgan fingerprint density at radius 2 is 2.22 bits per heavy atom.